The average Bonchev–Trinajstić information content (AvgIpc) is 3.04. The van der Waals surface area contributed by atoms with E-state index in [0.717, 1.165) is 25.7 Å². The number of rotatable bonds is 4. The van der Waals surface area contributed by atoms with E-state index in [0.29, 0.717) is 35.5 Å². The van der Waals surface area contributed by atoms with Crippen LogP contribution in [0.2, 0.25) is 0 Å². The highest BCUT2D eigenvalue weighted by molar-refractivity contribution is 5.37. The largest absolute Gasteiger partial charge is 0.393 e. The molecule has 0 aromatic heterocycles. The van der Waals surface area contributed by atoms with Crippen LogP contribution in [0.25, 0.3) is 0 Å². The lowest BCUT2D eigenvalue weighted by atomic mass is 9.48. The molecule has 2 N–H and O–H groups in total. The summed E-state index contributed by atoms with van der Waals surface area (Å²) in [5.74, 6) is 3.64. The monoisotopic (exact) mass is 414 g/mol. The molecule has 2 heteroatoms. The Balaban J connectivity index is 1.62. The van der Waals surface area contributed by atoms with Crippen LogP contribution < -0.4 is 0 Å². The fourth-order valence-electron chi connectivity index (χ4n) is 8.03. The SMILES string of the molecule is CC(C)C(C)/C=C/[C@@H](C)[C@H]1CCC2=C3[C@H](O)C[C@H]4C[C@@H](O)CC[C@]4(C)[C@H]3CC[C@@]21C. The van der Waals surface area contributed by atoms with Gasteiger partial charge >= 0.3 is 0 Å². The van der Waals surface area contributed by atoms with Crippen LogP contribution in [0.15, 0.2) is 23.3 Å². The summed E-state index contributed by atoms with van der Waals surface area (Å²) < 4.78 is 0. The van der Waals surface area contributed by atoms with Crippen molar-refractivity contribution in [2.24, 2.45) is 46.3 Å². The van der Waals surface area contributed by atoms with E-state index in [2.05, 4.69) is 53.7 Å². The quantitative estimate of drug-likeness (QED) is 0.514. The van der Waals surface area contributed by atoms with Gasteiger partial charge in [0.1, 0.15) is 0 Å². The van der Waals surface area contributed by atoms with E-state index < -0.39 is 0 Å². The topological polar surface area (TPSA) is 40.5 Å². The Kier molecular flexibility index (Phi) is 6.08. The minimum Gasteiger partial charge on any atom is -0.393 e. The van der Waals surface area contributed by atoms with Crippen molar-refractivity contribution in [3.63, 3.8) is 0 Å². The molecule has 0 heterocycles. The van der Waals surface area contributed by atoms with Crippen molar-refractivity contribution in [3.8, 4) is 0 Å². The molecule has 0 aromatic rings. The van der Waals surface area contributed by atoms with Crippen LogP contribution >= 0.6 is 0 Å². The molecule has 3 fully saturated rings. The van der Waals surface area contributed by atoms with E-state index >= 15 is 0 Å². The Morgan fingerprint density at radius 1 is 0.933 bits per heavy atom. The molecule has 30 heavy (non-hydrogen) atoms. The van der Waals surface area contributed by atoms with E-state index in [-0.39, 0.29) is 23.0 Å². The second-order valence-electron chi connectivity index (χ2n) is 12.3. The Labute approximate surface area is 185 Å². The molecule has 1 unspecified atom stereocenters. The fourth-order valence-corrected chi connectivity index (χ4v) is 8.03. The second kappa shape index (κ2) is 8.07. The summed E-state index contributed by atoms with van der Waals surface area (Å²) in [7, 11) is 0. The summed E-state index contributed by atoms with van der Waals surface area (Å²) in [5.41, 5.74) is 3.63. The van der Waals surface area contributed by atoms with Gasteiger partial charge in [0.2, 0.25) is 0 Å². The summed E-state index contributed by atoms with van der Waals surface area (Å²) in [5, 5.41) is 21.6. The van der Waals surface area contributed by atoms with E-state index in [1.165, 1.54) is 31.3 Å². The molecular formula is C28H46O2. The molecule has 0 aromatic carbocycles. The van der Waals surface area contributed by atoms with Crippen molar-refractivity contribution in [3.05, 3.63) is 23.3 Å². The summed E-state index contributed by atoms with van der Waals surface area (Å²) in [6, 6.07) is 0. The Morgan fingerprint density at radius 2 is 1.67 bits per heavy atom. The van der Waals surface area contributed by atoms with Crippen molar-refractivity contribution in [1.82, 2.24) is 0 Å². The van der Waals surface area contributed by atoms with Crippen molar-refractivity contribution in [2.75, 3.05) is 0 Å². The Bertz CT molecular complexity index is 705. The van der Waals surface area contributed by atoms with Gasteiger partial charge in [0.25, 0.3) is 0 Å². The predicted molar refractivity (Wildman–Crippen MR) is 125 cm³/mol. The van der Waals surface area contributed by atoms with E-state index in [9.17, 15) is 10.2 Å². The number of hydrogen-bond donors (Lipinski definition) is 2. The van der Waals surface area contributed by atoms with Crippen molar-refractivity contribution in [2.45, 2.75) is 105 Å². The van der Waals surface area contributed by atoms with Crippen molar-refractivity contribution in [1.29, 1.82) is 0 Å². The smallest absolute Gasteiger partial charge is 0.0758 e. The van der Waals surface area contributed by atoms with Crippen LogP contribution in [-0.4, -0.2) is 22.4 Å². The molecule has 0 aliphatic heterocycles. The molecule has 4 rings (SSSR count). The minimum atomic E-state index is -0.279. The zero-order chi connectivity index (χ0) is 21.8. The highest BCUT2D eigenvalue weighted by atomic mass is 16.3. The van der Waals surface area contributed by atoms with Gasteiger partial charge in [-0.25, -0.2) is 0 Å². The Morgan fingerprint density at radius 3 is 2.37 bits per heavy atom. The molecule has 4 aliphatic carbocycles. The maximum atomic E-state index is 11.3. The minimum absolute atomic E-state index is 0.157. The lowest BCUT2D eigenvalue weighted by molar-refractivity contribution is -0.0661. The normalized spacial score (nSPS) is 46.0. The third kappa shape index (κ3) is 3.54. The van der Waals surface area contributed by atoms with E-state index in [1.54, 1.807) is 5.57 Å². The number of hydrogen-bond acceptors (Lipinski definition) is 2. The lowest BCUT2D eigenvalue weighted by Gasteiger charge is -2.58. The first-order chi connectivity index (χ1) is 14.1. The van der Waals surface area contributed by atoms with Gasteiger partial charge in [-0.1, -0.05) is 59.3 Å². The van der Waals surface area contributed by atoms with Gasteiger partial charge in [0.05, 0.1) is 12.2 Å². The second-order valence-corrected chi connectivity index (χ2v) is 12.3. The fraction of sp³-hybridized carbons (Fsp3) is 0.857. The zero-order valence-electron chi connectivity index (χ0n) is 20.3. The van der Waals surface area contributed by atoms with Crippen molar-refractivity contribution >= 4 is 0 Å². The maximum absolute atomic E-state index is 11.3. The van der Waals surface area contributed by atoms with Crippen LogP contribution in [0.5, 0.6) is 0 Å². The van der Waals surface area contributed by atoms with Crippen LogP contribution in [0.4, 0.5) is 0 Å². The molecule has 2 nitrogen and oxygen atoms in total. The van der Waals surface area contributed by atoms with E-state index in [4.69, 9.17) is 0 Å². The van der Waals surface area contributed by atoms with Gasteiger partial charge in [-0.05, 0) is 103 Å². The number of aliphatic hydroxyl groups excluding tert-OH is 2. The highest BCUT2D eigenvalue weighted by Gasteiger charge is 2.57. The lowest BCUT2D eigenvalue weighted by Crippen LogP contribution is -2.52. The molecule has 4 aliphatic rings. The first kappa shape index (κ1) is 22.6. The van der Waals surface area contributed by atoms with Crippen LogP contribution in [0, 0.1) is 46.3 Å². The molecule has 0 bridgehead atoms. The molecule has 0 amide bonds. The summed E-state index contributed by atoms with van der Waals surface area (Å²) in [6.45, 7) is 14.4. The maximum Gasteiger partial charge on any atom is 0.0758 e. The molecule has 0 saturated heterocycles. The predicted octanol–water partition coefficient (Wildman–Crippen LogP) is 6.53. The van der Waals surface area contributed by atoms with Gasteiger partial charge in [-0.2, -0.15) is 0 Å². The molecule has 0 spiro atoms. The first-order valence-corrected chi connectivity index (χ1v) is 12.9. The number of aliphatic hydroxyl groups is 2. The van der Waals surface area contributed by atoms with Crippen LogP contribution in [0.3, 0.4) is 0 Å². The van der Waals surface area contributed by atoms with Crippen molar-refractivity contribution < 1.29 is 10.2 Å². The van der Waals surface area contributed by atoms with E-state index in [1.807, 2.05) is 0 Å². The number of fused-ring (bicyclic) bond motifs is 4. The first-order valence-electron chi connectivity index (χ1n) is 12.9. The summed E-state index contributed by atoms with van der Waals surface area (Å²) in [4.78, 5) is 0. The molecule has 3 saturated carbocycles. The van der Waals surface area contributed by atoms with Gasteiger partial charge in [-0.15, -0.1) is 0 Å². The zero-order valence-corrected chi connectivity index (χ0v) is 20.3. The number of allylic oxidation sites excluding steroid dienone is 3. The third-order valence-electron chi connectivity index (χ3n) is 10.5. The molecular weight excluding hydrogens is 368 g/mol. The van der Waals surface area contributed by atoms with Crippen LogP contribution in [0.1, 0.15) is 92.9 Å². The molecule has 170 valence electrons. The highest BCUT2D eigenvalue weighted by Crippen LogP contribution is 2.65. The molecule has 0 radical (unpaired) electrons. The average molecular weight is 415 g/mol. The van der Waals surface area contributed by atoms with Gasteiger partial charge in [0, 0.05) is 0 Å². The standard InChI is InChI=1S/C28H46O2/c1-17(2)18(3)7-8-19(4)22-9-10-23-26-24(12-14-28(22,23)6)27(5)13-11-21(29)15-20(27)16-25(26)30/h7-8,17-22,24-25,29-30H,9-16H2,1-6H3/b8-7+/t18?,19-,20-,21+,22-,24+,25-,27+,28-/m1/s1. The third-order valence-corrected chi connectivity index (χ3v) is 10.5. The van der Waals surface area contributed by atoms with Gasteiger partial charge in [0.15, 0.2) is 0 Å². The summed E-state index contributed by atoms with van der Waals surface area (Å²) >= 11 is 0. The van der Waals surface area contributed by atoms with Gasteiger partial charge < -0.3 is 10.2 Å². The summed E-state index contributed by atoms with van der Waals surface area (Å²) in [6.07, 6.45) is 13.3. The van der Waals surface area contributed by atoms with Gasteiger partial charge in [-0.3, -0.25) is 0 Å². The van der Waals surface area contributed by atoms with Crippen LogP contribution in [-0.2, 0) is 0 Å². The Hall–Kier alpha value is -0.600. The molecule has 9 atom stereocenters.